The Bertz CT molecular complexity index is 928. The molecule has 0 aliphatic carbocycles. The molecule has 0 saturated heterocycles. The van der Waals surface area contributed by atoms with Crippen molar-refractivity contribution in [2.24, 2.45) is 5.10 Å². The zero-order valence-electron chi connectivity index (χ0n) is 15.1. The van der Waals surface area contributed by atoms with Crippen molar-refractivity contribution in [1.29, 1.82) is 0 Å². The van der Waals surface area contributed by atoms with E-state index in [0.29, 0.717) is 17.1 Å². The van der Waals surface area contributed by atoms with E-state index in [1.54, 1.807) is 41.6 Å². The molecule has 0 aliphatic heterocycles. The SMILES string of the molecule is COc1cc(/C=N\N(C)c2ccccc2)ccc1OC(=O)c1ccncc1. The fourth-order valence-electron chi connectivity index (χ4n) is 2.36. The summed E-state index contributed by atoms with van der Waals surface area (Å²) >= 11 is 0. The maximum absolute atomic E-state index is 12.2. The zero-order chi connectivity index (χ0) is 19.1. The van der Waals surface area contributed by atoms with E-state index >= 15 is 0 Å². The zero-order valence-corrected chi connectivity index (χ0v) is 15.1. The maximum Gasteiger partial charge on any atom is 0.343 e. The molecule has 3 aromatic rings. The molecule has 0 N–H and O–H groups in total. The van der Waals surface area contributed by atoms with Crippen LogP contribution in [0.15, 0.2) is 78.2 Å². The summed E-state index contributed by atoms with van der Waals surface area (Å²) in [5.41, 5.74) is 2.21. The molecule has 1 aromatic heterocycles. The molecule has 0 saturated carbocycles. The van der Waals surface area contributed by atoms with Crippen LogP contribution in [0.3, 0.4) is 0 Å². The molecule has 0 spiro atoms. The van der Waals surface area contributed by atoms with Crippen molar-refractivity contribution < 1.29 is 14.3 Å². The van der Waals surface area contributed by atoms with Gasteiger partial charge >= 0.3 is 5.97 Å². The summed E-state index contributed by atoms with van der Waals surface area (Å²) in [6.45, 7) is 0. The van der Waals surface area contributed by atoms with Crippen LogP contribution in [0.1, 0.15) is 15.9 Å². The maximum atomic E-state index is 12.2. The topological polar surface area (TPSA) is 64.0 Å². The summed E-state index contributed by atoms with van der Waals surface area (Å²) in [4.78, 5) is 16.1. The first-order chi connectivity index (χ1) is 13.2. The lowest BCUT2D eigenvalue weighted by Crippen LogP contribution is -2.10. The number of pyridine rings is 1. The number of hydrogen-bond donors (Lipinski definition) is 0. The molecular formula is C21H19N3O3. The van der Waals surface area contributed by atoms with E-state index in [-0.39, 0.29) is 0 Å². The number of esters is 1. The van der Waals surface area contributed by atoms with Gasteiger partial charge in [-0.3, -0.25) is 9.99 Å². The van der Waals surface area contributed by atoms with Crippen LogP contribution in [0.5, 0.6) is 11.5 Å². The number of carbonyl (C=O) groups is 1. The van der Waals surface area contributed by atoms with Gasteiger partial charge in [0.15, 0.2) is 11.5 Å². The predicted molar refractivity (Wildman–Crippen MR) is 105 cm³/mol. The summed E-state index contributed by atoms with van der Waals surface area (Å²) < 4.78 is 10.8. The van der Waals surface area contributed by atoms with Gasteiger partial charge in [0.25, 0.3) is 0 Å². The molecule has 0 aliphatic rings. The van der Waals surface area contributed by atoms with Crippen LogP contribution in [0.4, 0.5) is 5.69 Å². The molecule has 2 aromatic carbocycles. The van der Waals surface area contributed by atoms with Gasteiger partial charge in [-0.05, 0) is 48.0 Å². The van der Waals surface area contributed by atoms with Crippen molar-refractivity contribution >= 4 is 17.9 Å². The van der Waals surface area contributed by atoms with Crippen molar-refractivity contribution in [2.45, 2.75) is 0 Å². The quantitative estimate of drug-likeness (QED) is 0.289. The minimum Gasteiger partial charge on any atom is -0.493 e. The average Bonchev–Trinajstić information content (AvgIpc) is 2.74. The van der Waals surface area contributed by atoms with E-state index in [1.165, 1.54) is 19.5 Å². The summed E-state index contributed by atoms with van der Waals surface area (Å²) in [6, 6.07) is 18.2. The van der Waals surface area contributed by atoms with Crippen molar-refractivity contribution in [3.8, 4) is 11.5 Å². The van der Waals surface area contributed by atoms with E-state index in [4.69, 9.17) is 9.47 Å². The Morgan fingerprint density at radius 2 is 1.78 bits per heavy atom. The fourth-order valence-corrected chi connectivity index (χ4v) is 2.36. The summed E-state index contributed by atoms with van der Waals surface area (Å²) in [6.07, 6.45) is 4.79. The molecule has 1 heterocycles. The Hall–Kier alpha value is -3.67. The van der Waals surface area contributed by atoms with Crippen LogP contribution in [0.25, 0.3) is 0 Å². The standard InChI is InChI=1S/C21H19N3O3/c1-24(18-6-4-3-5-7-18)23-15-16-8-9-19(20(14-16)26-2)27-21(25)17-10-12-22-13-11-17/h3-15H,1-2H3/b23-15-. The first-order valence-electron chi connectivity index (χ1n) is 8.30. The smallest absolute Gasteiger partial charge is 0.343 e. The number of carbonyl (C=O) groups excluding carboxylic acids is 1. The molecule has 6 nitrogen and oxygen atoms in total. The van der Waals surface area contributed by atoms with Gasteiger partial charge in [0.2, 0.25) is 0 Å². The van der Waals surface area contributed by atoms with Crippen LogP contribution in [0, 0.1) is 0 Å². The van der Waals surface area contributed by atoms with Gasteiger partial charge in [0, 0.05) is 19.4 Å². The third-order valence-electron chi connectivity index (χ3n) is 3.82. The molecule has 0 atom stereocenters. The molecule has 136 valence electrons. The van der Waals surface area contributed by atoms with Crippen LogP contribution < -0.4 is 14.5 Å². The highest BCUT2D eigenvalue weighted by atomic mass is 16.6. The third kappa shape index (κ3) is 4.70. The molecule has 0 radical (unpaired) electrons. The molecule has 0 bridgehead atoms. The van der Waals surface area contributed by atoms with Gasteiger partial charge in [0.1, 0.15) is 0 Å². The molecule has 0 fully saturated rings. The summed E-state index contributed by atoms with van der Waals surface area (Å²) in [5, 5.41) is 6.18. The largest absolute Gasteiger partial charge is 0.493 e. The second-order valence-corrected chi connectivity index (χ2v) is 5.64. The Balaban J connectivity index is 1.74. The van der Waals surface area contributed by atoms with Gasteiger partial charge in [-0.1, -0.05) is 18.2 Å². The Labute approximate surface area is 157 Å². The van der Waals surface area contributed by atoms with Crippen LogP contribution in [0.2, 0.25) is 0 Å². The predicted octanol–water partition coefficient (Wildman–Crippen LogP) is 3.78. The highest BCUT2D eigenvalue weighted by Gasteiger charge is 2.12. The summed E-state index contributed by atoms with van der Waals surface area (Å²) in [7, 11) is 3.39. The first-order valence-corrected chi connectivity index (χ1v) is 8.30. The van der Waals surface area contributed by atoms with Crippen molar-refractivity contribution in [1.82, 2.24) is 4.98 Å². The van der Waals surface area contributed by atoms with E-state index in [9.17, 15) is 4.79 Å². The van der Waals surface area contributed by atoms with E-state index in [1.807, 2.05) is 37.4 Å². The number of rotatable bonds is 6. The first kappa shape index (κ1) is 18.1. The third-order valence-corrected chi connectivity index (χ3v) is 3.82. The van der Waals surface area contributed by atoms with E-state index in [0.717, 1.165) is 11.3 Å². The number of hydrogen-bond acceptors (Lipinski definition) is 6. The number of nitrogens with zero attached hydrogens (tertiary/aromatic N) is 3. The number of benzene rings is 2. The number of methoxy groups -OCH3 is 1. The molecule has 6 heteroatoms. The van der Waals surface area contributed by atoms with E-state index < -0.39 is 5.97 Å². The second kappa shape index (κ2) is 8.62. The molecule has 0 amide bonds. The van der Waals surface area contributed by atoms with Gasteiger partial charge in [-0.15, -0.1) is 0 Å². The molecule has 27 heavy (non-hydrogen) atoms. The Kier molecular flexibility index (Phi) is 5.79. The Morgan fingerprint density at radius 3 is 2.48 bits per heavy atom. The lowest BCUT2D eigenvalue weighted by atomic mass is 10.2. The molecule has 0 unspecified atom stereocenters. The minimum atomic E-state index is -0.471. The van der Waals surface area contributed by atoms with Crippen LogP contribution >= 0.6 is 0 Å². The van der Waals surface area contributed by atoms with Gasteiger partial charge in [-0.25, -0.2) is 4.79 Å². The van der Waals surface area contributed by atoms with Crippen LogP contribution in [-0.2, 0) is 0 Å². The van der Waals surface area contributed by atoms with E-state index in [2.05, 4.69) is 10.1 Å². The number of anilines is 1. The van der Waals surface area contributed by atoms with Crippen molar-refractivity contribution in [2.75, 3.05) is 19.2 Å². The molecular weight excluding hydrogens is 342 g/mol. The summed E-state index contributed by atoms with van der Waals surface area (Å²) in [5.74, 6) is 0.317. The lowest BCUT2D eigenvalue weighted by molar-refractivity contribution is 0.0729. The van der Waals surface area contributed by atoms with Gasteiger partial charge in [0.05, 0.1) is 24.6 Å². The second-order valence-electron chi connectivity index (χ2n) is 5.64. The number of para-hydroxylation sites is 1. The Morgan fingerprint density at radius 1 is 1.04 bits per heavy atom. The number of ether oxygens (including phenoxy) is 2. The monoisotopic (exact) mass is 361 g/mol. The van der Waals surface area contributed by atoms with Crippen molar-refractivity contribution in [3.63, 3.8) is 0 Å². The highest BCUT2D eigenvalue weighted by molar-refractivity contribution is 5.91. The van der Waals surface area contributed by atoms with Gasteiger partial charge < -0.3 is 9.47 Å². The number of aromatic nitrogens is 1. The van der Waals surface area contributed by atoms with Gasteiger partial charge in [-0.2, -0.15) is 5.10 Å². The lowest BCUT2D eigenvalue weighted by Gasteiger charge is -2.13. The minimum absolute atomic E-state index is 0.341. The molecule has 3 rings (SSSR count). The average molecular weight is 361 g/mol. The fraction of sp³-hybridized carbons (Fsp3) is 0.0952. The normalized spacial score (nSPS) is 10.6. The van der Waals surface area contributed by atoms with Crippen LogP contribution in [-0.4, -0.2) is 31.3 Å². The van der Waals surface area contributed by atoms with Crippen molar-refractivity contribution in [3.05, 3.63) is 84.2 Å². The number of hydrazone groups is 1. The highest BCUT2D eigenvalue weighted by Crippen LogP contribution is 2.28.